The van der Waals surface area contributed by atoms with Crippen LogP contribution in [-0.2, 0) is 12.0 Å². The molecule has 2 N–H and O–H groups in total. The number of ether oxygens (including phenoxy) is 1. The maximum Gasteiger partial charge on any atom is 0.320 e. The third-order valence-electron chi connectivity index (χ3n) is 10.5. The molecule has 0 radical (unpaired) electrons. The van der Waals surface area contributed by atoms with E-state index in [2.05, 4.69) is 86.8 Å². The average molecular weight is 669 g/mol. The fourth-order valence-electron chi connectivity index (χ4n) is 7.38. The number of likely N-dealkylation sites (N-methyl/N-ethyl adjacent to an activating group) is 1. The van der Waals surface area contributed by atoms with E-state index in [9.17, 15) is 4.79 Å². The first-order valence-corrected chi connectivity index (χ1v) is 18.1. The lowest BCUT2D eigenvalue weighted by molar-refractivity contribution is 0.149. The predicted molar refractivity (Wildman–Crippen MR) is 192 cm³/mol. The van der Waals surface area contributed by atoms with Crippen LogP contribution >= 0.6 is 0 Å². The van der Waals surface area contributed by atoms with Gasteiger partial charge >= 0.3 is 6.03 Å². The average Bonchev–Trinajstić information content (AvgIpc) is 3.70. The molecule has 0 bridgehead atoms. The predicted octanol–water partition coefficient (Wildman–Crippen LogP) is 5.63. The first kappa shape index (κ1) is 33.3. The second kappa shape index (κ2) is 14.0. The van der Waals surface area contributed by atoms with Crippen molar-refractivity contribution >= 4 is 23.4 Å². The molecule has 2 amide bonds. The Hall–Kier alpha value is -4.16. The minimum absolute atomic E-state index is 0.129. The number of benzene rings is 1. The third kappa shape index (κ3) is 7.40. The highest BCUT2D eigenvalue weighted by molar-refractivity contribution is 5.88. The van der Waals surface area contributed by atoms with Gasteiger partial charge in [-0.1, -0.05) is 45.0 Å². The Kier molecular flexibility index (Phi) is 9.52. The zero-order valence-electron chi connectivity index (χ0n) is 29.7. The van der Waals surface area contributed by atoms with Gasteiger partial charge in [0, 0.05) is 56.8 Å². The molecule has 7 rings (SSSR count). The standard InChI is InChI=1S/C37H52N10O2/c1-26-10-8-9-17-45(26)36-41-40-33-16-13-27(25-46(33)36)49-31-15-14-30(28-11-6-7-12-29(28)31)38-35(48)39-34-24-32(37(2,3)4)42-47(34)23-22-44-20-18-43(5)19-21-44/h6-7,11-13,16,24-26,30-31H,8-10,14-15,17-23H2,1-5H3,(H2,38,39,48)/t26-,30-,31+/m0/s1. The van der Waals surface area contributed by atoms with Crippen LogP contribution in [0.15, 0.2) is 48.7 Å². The molecule has 5 heterocycles. The van der Waals surface area contributed by atoms with Crippen LogP contribution < -0.4 is 20.3 Å². The Morgan fingerprint density at radius 2 is 1.73 bits per heavy atom. The molecule has 12 nitrogen and oxygen atoms in total. The van der Waals surface area contributed by atoms with Gasteiger partial charge in [-0.25, -0.2) is 9.48 Å². The van der Waals surface area contributed by atoms with E-state index in [1.54, 1.807) is 0 Å². The molecule has 0 spiro atoms. The van der Waals surface area contributed by atoms with Gasteiger partial charge in [0.1, 0.15) is 17.7 Å². The Morgan fingerprint density at radius 3 is 2.51 bits per heavy atom. The van der Waals surface area contributed by atoms with Gasteiger partial charge in [0.05, 0.1) is 24.5 Å². The molecule has 0 saturated carbocycles. The van der Waals surface area contributed by atoms with E-state index >= 15 is 0 Å². The molecular weight excluding hydrogens is 616 g/mol. The molecule has 2 fully saturated rings. The van der Waals surface area contributed by atoms with Gasteiger partial charge in [0.15, 0.2) is 5.65 Å². The minimum atomic E-state index is -0.224. The SMILES string of the molecule is C[C@H]1CCCCN1c1nnc2ccc(O[C@@H]3CC[C@H](NC(=O)Nc4cc(C(C)(C)C)nn4CCN4CCN(C)CC4)c4ccccc43)cn12. The van der Waals surface area contributed by atoms with Crippen molar-refractivity contribution in [2.75, 3.05) is 56.5 Å². The number of amides is 2. The topological polar surface area (TPSA) is 108 Å². The highest BCUT2D eigenvalue weighted by atomic mass is 16.5. The van der Waals surface area contributed by atoms with E-state index in [-0.39, 0.29) is 23.6 Å². The lowest BCUT2D eigenvalue weighted by Crippen LogP contribution is -2.45. The summed E-state index contributed by atoms with van der Waals surface area (Å²) in [5, 5.41) is 20.3. The third-order valence-corrected chi connectivity index (χ3v) is 10.5. The zero-order chi connectivity index (χ0) is 34.1. The minimum Gasteiger partial charge on any atom is -0.484 e. The summed E-state index contributed by atoms with van der Waals surface area (Å²) in [6.45, 7) is 15.6. The normalized spacial score (nSPS) is 22.2. The number of pyridine rings is 1. The molecule has 12 heteroatoms. The number of nitrogens with one attached hydrogen (secondary N) is 2. The van der Waals surface area contributed by atoms with Crippen molar-refractivity contribution in [3.63, 3.8) is 0 Å². The van der Waals surface area contributed by atoms with Gasteiger partial charge in [-0.2, -0.15) is 5.10 Å². The number of urea groups is 1. The van der Waals surface area contributed by atoms with E-state index < -0.39 is 0 Å². The number of aromatic nitrogens is 5. The summed E-state index contributed by atoms with van der Waals surface area (Å²) in [6.07, 6.45) is 7.00. The summed E-state index contributed by atoms with van der Waals surface area (Å²) in [5.41, 5.74) is 3.83. The number of nitrogens with zero attached hydrogens (tertiary/aromatic N) is 8. The van der Waals surface area contributed by atoms with Crippen LogP contribution in [0.2, 0.25) is 0 Å². The summed E-state index contributed by atoms with van der Waals surface area (Å²) in [4.78, 5) is 20.8. The number of hydrogen-bond donors (Lipinski definition) is 2. The Balaban J connectivity index is 1.04. The number of piperazine rings is 1. The monoisotopic (exact) mass is 668 g/mol. The van der Waals surface area contributed by atoms with Crippen molar-refractivity contribution < 1.29 is 9.53 Å². The maximum absolute atomic E-state index is 13.6. The van der Waals surface area contributed by atoms with Gasteiger partial charge in [0.25, 0.3) is 0 Å². The summed E-state index contributed by atoms with van der Waals surface area (Å²) >= 11 is 0. The van der Waals surface area contributed by atoms with Gasteiger partial charge in [-0.05, 0) is 69.3 Å². The van der Waals surface area contributed by atoms with Gasteiger partial charge in [-0.3, -0.25) is 14.6 Å². The maximum atomic E-state index is 13.6. The number of piperidine rings is 1. The Morgan fingerprint density at radius 1 is 0.939 bits per heavy atom. The van der Waals surface area contributed by atoms with Crippen molar-refractivity contribution in [3.05, 3.63) is 65.5 Å². The molecule has 2 aliphatic heterocycles. The molecule has 3 atom stereocenters. The number of rotatable bonds is 8. The van der Waals surface area contributed by atoms with E-state index in [4.69, 9.17) is 9.84 Å². The molecule has 1 aliphatic carbocycles. The van der Waals surface area contributed by atoms with Crippen LogP contribution in [0.3, 0.4) is 0 Å². The van der Waals surface area contributed by atoms with E-state index in [1.807, 2.05) is 41.2 Å². The highest BCUT2D eigenvalue weighted by Crippen LogP contribution is 2.39. The smallest absolute Gasteiger partial charge is 0.320 e. The molecule has 2 saturated heterocycles. The van der Waals surface area contributed by atoms with Crippen molar-refractivity contribution in [1.29, 1.82) is 0 Å². The van der Waals surface area contributed by atoms with Crippen molar-refractivity contribution in [3.8, 4) is 5.75 Å². The largest absolute Gasteiger partial charge is 0.484 e. The Bertz CT molecular complexity index is 1750. The van der Waals surface area contributed by atoms with Crippen molar-refractivity contribution in [2.24, 2.45) is 0 Å². The number of carbonyl (C=O) groups is 1. The number of hydrogen-bond acceptors (Lipinski definition) is 8. The van der Waals surface area contributed by atoms with E-state index in [0.717, 1.165) is 105 Å². The lowest BCUT2D eigenvalue weighted by Gasteiger charge is -2.33. The highest BCUT2D eigenvalue weighted by Gasteiger charge is 2.31. The summed E-state index contributed by atoms with van der Waals surface area (Å²) in [7, 11) is 2.17. The van der Waals surface area contributed by atoms with Crippen LogP contribution in [0.4, 0.5) is 16.6 Å². The number of fused-ring (bicyclic) bond motifs is 2. The zero-order valence-corrected chi connectivity index (χ0v) is 29.7. The number of carbonyl (C=O) groups excluding carboxylic acids is 1. The second-order valence-corrected chi connectivity index (χ2v) is 15.1. The van der Waals surface area contributed by atoms with Crippen LogP contribution in [0.5, 0.6) is 5.75 Å². The first-order valence-electron chi connectivity index (χ1n) is 18.1. The Labute approximate surface area is 289 Å². The quantitative estimate of drug-likeness (QED) is 0.249. The molecule has 0 unspecified atom stereocenters. The van der Waals surface area contributed by atoms with E-state index in [1.165, 1.54) is 12.8 Å². The molecular formula is C37H52N10O2. The van der Waals surface area contributed by atoms with Crippen molar-refractivity contribution in [1.82, 2.24) is 39.5 Å². The van der Waals surface area contributed by atoms with Crippen LogP contribution in [0.1, 0.15) is 88.8 Å². The fourth-order valence-corrected chi connectivity index (χ4v) is 7.38. The van der Waals surface area contributed by atoms with Gasteiger partial charge < -0.3 is 19.9 Å². The number of anilines is 2. The first-order chi connectivity index (χ1) is 23.6. The van der Waals surface area contributed by atoms with Crippen LogP contribution in [0.25, 0.3) is 5.65 Å². The summed E-state index contributed by atoms with van der Waals surface area (Å²) in [5.74, 6) is 2.38. The molecule has 3 aromatic heterocycles. The molecule has 1 aromatic carbocycles. The van der Waals surface area contributed by atoms with Gasteiger partial charge in [0.2, 0.25) is 5.95 Å². The summed E-state index contributed by atoms with van der Waals surface area (Å²) in [6, 6.07) is 14.4. The van der Waals surface area contributed by atoms with Crippen LogP contribution in [0, 0.1) is 0 Å². The van der Waals surface area contributed by atoms with Crippen molar-refractivity contribution in [2.45, 2.75) is 89.9 Å². The fraction of sp³-hybridized carbons (Fsp3) is 0.568. The van der Waals surface area contributed by atoms with E-state index in [0.29, 0.717) is 6.04 Å². The van der Waals surface area contributed by atoms with Gasteiger partial charge in [-0.15, -0.1) is 10.2 Å². The van der Waals surface area contributed by atoms with Crippen LogP contribution in [-0.4, -0.2) is 92.6 Å². The molecule has 3 aliphatic rings. The second-order valence-electron chi connectivity index (χ2n) is 15.1. The molecule has 4 aromatic rings. The molecule has 262 valence electrons. The lowest BCUT2D eigenvalue weighted by atomic mass is 9.85. The summed E-state index contributed by atoms with van der Waals surface area (Å²) < 4.78 is 10.7. The molecule has 49 heavy (non-hydrogen) atoms.